The van der Waals surface area contributed by atoms with E-state index in [9.17, 15) is 0 Å². The minimum absolute atomic E-state index is 0.162. The molecule has 0 fully saturated rings. The van der Waals surface area contributed by atoms with Crippen molar-refractivity contribution in [2.45, 2.75) is 45.6 Å². The molecule has 6 nitrogen and oxygen atoms in total. The average molecular weight is 213 g/mol. The van der Waals surface area contributed by atoms with Crippen molar-refractivity contribution in [2.75, 3.05) is 6.61 Å². The fourth-order valence-corrected chi connectivity index (χ4v) is 1.04. The maximum absolute atomic E-state index is 5.06. The summed E-state index contributed by atoms with van der Waals surface area (Å²) in [5, 5.41) is 12.4. The summed E-state index contributed by atoms with van der Waals surface area (Å²) >= 11 is 0. The Labute approximate surface area is 89.7 Å². The minimum Gasteiger partial charge on any atom is -0.304 e. The van der Waals surface area contributed by atoms with Gasteiger partial charge in [-0.05, 0) is 26.0 Å². The van der Waals surface area contributed by atoms with Gasteiger partial charge in [-0.3, -0.25) is 0 Å². The van der Waals surface area contributed by atoms with Gasteiger partial charge in [0.1, 0.15) is 0 Å². The van der Waals surface area contributed by atoms with Crippen molar-refractivity contribution in [2.24, 2.45) is 5.90 Å². The molecule has 1 aromatic rings. The van der Waals surface area contributed by atoms with Crippen LogP contribution in [0.1, 0.15) is 40.4 Å². The van der Waals surface area contributed by atoms with Crippen molar-refractivity contribution in [3.8, 4) is 0 Å². The van der Waals surface area contributed by atoms with Crippen LogP contribution in [0.5, 0.6) is 0 Å². The van der Waals surface area contributed by atoms with E-state index < -0.39 is 0 Å². The molecule has 0 spiro atoms. The molecule has 86 valence electrons. The maximum atomic E-state index is 5.06. The molecule has 0 aromatic carbocycles. The molecule has 0 atom stereocenters. The predicted octanol–water partition coefficient (Wildman–Crippen LogP) is 0.596. The fourth-order valence-electron chi connectivity index (χ4n) is 1.04. The summed E-state index contributed by atoms with van der Waals surface area (Å²) in [5.74, 6) is 5.70. The van der Waals surface area contributed by atoms with Crippen LogP contribution in [0.15, 0.2) is 0 Å². The summed E-state index contributed by atoms with van der Waals surface area (Å²) < 4.78 is 0. The van der Waals surface area contributed by atoms with Crippen LogP contribution in [0.2, 0.25) is 0 Å². The lowest BCUT2D eigenvalue weighted by Gasteiger charge is -2.19. The van der Waals surface area contributed by atoms with E-state index in [1.807, 2.05) is 34.6 Å². The van der Waals surface area contributed by atoms with Gasteiger partial charge in [-0.25, -0.2) is 5.90 Å². The standard InChI is InChI=1S/C9H19N5O/c1-8(2,3)14-12-7(11-13-14)9(4,5)6-15-10/h6,10H2,1-5H3. The van der Waals surface area contributed by atoms with Crippen molar-refractivity contribution in [3.05, 3.63) is 5.82 Å². The Morgan fingerprint density at radius 2 is 1.87 bits per heavy atom. The first-order chi connectivity index (χ1) is 6.77. The van der Waals surface area contributed by atoms with Crippen molar-refractivity contribution in [3.63, 3.8) is 0 Å². The van der Waals surface area contributed by atoms with E-state index in [-0.39, 0.29) is 11.0 Å². The van der Waals surface area contributed by atoms with Crippen molar-refractivity contribution in [1.82, 2.24) is 20.2 Å². The molecule has 0 aliphatic rings. The first-order valence-electron chi connectivity index (χ1n) is 4.90. The smallest absolute Gasteiger partial charge is 0.182 e. The predicted molar refractivity (Wildman–Crippen MR) is 56.0 cm³/mol. The lowest BCUT2D eigenvalue weighted by atomic mass is 9.94. The van der Waals surface area contributed by atoms with Gasteiger partial charge in [0, 0.05) is 0 Å². The van der Waals surface area contributed by atoms with Crippen LogP contribution in [-0.2, 0) is 15.8 Å². The molecule has 1 aromatic heterocycles. The molecule has 15 heavy (non-hydrogen) atoms. The Morgan fingerprint density at radius 3 is 2.27 bits per heavy atom. The van der Waals surface area contributed by atoms with Gasteiger partial charge in [0.25, 0.3) is 0 Å². The lowest BCUT2D eigenvalue weighted by molar-refractivity contribution is 0.0929. The highest BCUT2D eigenvalue weighted by atomic mass is 16.6. The number of nitrogens with two attached hydrogens (primary N) is 1. The molecule has 6 heteroatoms. The average Bonchev–Trinajstić information content (AvgIpc) is 2.50. The largest absolute Gasteiger partial charge is 0.304 e. The van der Waals surface area contributed by atoms with E-state index in [0.29, 0.717) is 12.4 Å². The van der Waals surface area contributed by atoms with E-state index in [4.69, 9.17) is 5.90 Å². The first-order valence-corrected chi connectivity index (χ1v) is 4.90. The highest BCUT2D eigenvalue weighted by molar-refractivity contribution is 4.99. The maximum Gasteiger partial charge on any atom is 0.182 e. The number of aromatic nitrogens is 4. The molecule has 0 radical (unpaired) electrons. The van der Waals surface area contributed by atoms with Crippen LogP contribution in [0.25, 0.3) is 0 Å². The highest BCUT2D eigenvalue weighted by Gasteiger charge is 2.28. The quantitative estimate of drug-likeness (QED) is 0.744. The zero-order chi connectivity index (χ0) is 11.7. The Morgan fingerprint density at radius 1 is 1.27 bits per heavy atom. The molecule has 0 saturated heterocycles. The second kappa shape index (κ2) is 3.86. The van der Waals surface area contributed by atoms with Gasteiger partial charge < -0.3 is 4.84 Å². The molecular weight excluding hydrogens is 194 g/mol. The second-order valence-corrected chi connectivity index (χ2v) is 5.27. The SMILES string of the molecule is CC(C)(CON)c1nnn(C(C)(C)C)n1. The summed E-state index contributed by atoms with van der Waals surface area (Å²) in [4.78, 5) is 6.24. The zero-order valence-corrected chi connectivity index (χ0v) is 9.98. The van der Waals surface area contributed by atoms with Crippen LogP contribution in [0.4, 0.5) is 0 Å². The Hall–Kier alpha value is -1.01. The number of rotatable bonds is 3. The second-order valence-electron chi connectivity index (χ2n) is 5.27. The van der Waals surface area contributed by atoms with Crippen LogP contribution in [0, 0.1) is 0 Å². The zero-order valence-electron chi connectivity index (χ0n) is 9.98. The Balaban J connectivity index is 2.94. The summed E-state index contributed by atoms with van der Waals surface area (Å²) in [6.07, 6.45) is 0. The van der Waals surface area contributed by atoms with Gasteiger partial charge in [0.2, 0.25) is 0 Å². The third-order valence-electron chi connectivity index (χ3n) is 2.06. The molecule has 0 bridgehead atoms. The molecule has 0 amide bonds. The van der Waals surface area contributed by atoms with Crippen molar-refractivity contribution < 1.29 is 4.84 Å². The molecule has 2 N–H and O–H groups in total. The highest BCUT2D eigenvalue weighted by Crippen LogP contribution is 2.19. The van der Waals surface area contributed by atoms with Gasteiger partial charge >= 0.3 is 0 Å². The number of hydrogen-bond donors (Lipinski definition) is 1. The normalized spacial score (nSPS) is 13.2. The first kappa shape index (κ1) is 12.1. The molecule has 0 unspecified atom stereocenters. The summed E-state index contributed by atoms with van der Waals surface area (Å²) in [7, 11) is 0. The monoisotopic (exact) mass is 213 g/mol. The van der Waals surface area contributed by atoms with E-state index in [1.54, 1.807) is 4.80 Å². The van der Waals surface area contributed by atoms with Gasteiger partial charge in [0.05, 0.1) is 17.6 Å². The van der Waals surface area contributed by atoms with Crippen molar-refractivity contribution in [1.29, 1.82) is 0 Å². The minimum atomic E-state index is -0.321. The molecule has 0 aliphatic heterocycles. The van der Waals surface area contributed by atoms with Crippen LogP contribution >= 0.6 is 0 Å². The molecule has 0 saturated carbocycles. The molecule has 1 rings (SSSR count). The molecule has 0 aliphatic carbocycles. The Kier molecular flexibility index (Phi) is 3.11. The third kappa shape index (κ3) is 2.73. The topological polar surface area (TPSA) is 78.9 Å². The molecular formula is C9H19N5O. The number of hydrogen-bond acceptors (Lipinski definition) is 5. The van der Waals surface area contributed by atoms with E-state index >= 15 is 0 Å². The lowest BCUT2D eigenvalue weighted by Crippen LogP contribution is -2.29. The van der Waals surface area contributed by atoms with Crippen molar-refractivity contribution >= 4 is 0 Å². The fraction of sp³-hybridized carbons (Fsp3) is 0.889. The van der Waals surface area contributed by atoms with E-state index in [0.717, 1.165) is 0 Å². The molecule has 1 heterocycles. The summed E-state index contributed by atoms with van der Waals surface area (Å²) in [6, 6.07) is 0. The van der Waals surface area contributed by atoms with Crippen LogP contribution < -0.4 is 5.90 Å². The van der Waals surface area contributed by atoms with Gasteiger partial charge in [0.15, 0.2) is 5.82 Å². The van der Waals surface area contributed by atoms with Gasteiger partial charge in [-0.1, -0.05) is 13.8 Å². The summed E-state index contributed by atoms with van der Waals surface area (Å²) in [6.45, 7) is 10.3. The van der Waals surface area contributed by atoms with Gasteiger partial charge in [-0.15, -0.1) is 10.2 Å². The number of tetrazole rings is 1. The summed E-state index contributed by atoms with van der Waals surface area (Å²) in [5.41, 5.74) is -0.483. The van der Waals surface area contributed by atoms with Crippen LogP contribution in [0.3, 0.4) is 0 Å². The van der Waals surface area contributed by atoms with E-state index in [1.165, 1.54) is 0 Å². The van der Waals surface area contributed by atoms with Gasteiger partial charge in [-0.2, -0.15) is 4.80 Å². The van der Waals surface area contributed by atoms with Crippen LogP contribution in [-0.4, -0.2) is 26.8 Å². The Bertz CT molecular complexity index is 325. The van der Waals surface area contributed by atoms with E-state index in [2.05, 4.69) is 20.2 Å². The third-order valence-corrected chi connectivity index (χ3v) is 2.06. The number of nitrogens with zero attached hydrogens (tertiary/aromatic N) is 4.